The van der Waals surface area contributed by atoms with Crippen molar-refractivity contribution in [3.05, 3.63) is 90.5 Å². The maximum atomic E-state index is 12.7. The van der Waals surface area contributed by atoms with E-state index in [1.54, 1.807) is 0 Å². The molecule has 8 heteroatoms. The van der Waals surface area contributed by atoms with Crippen LogP contribution >= 0.6 is 0 Å². The summed E-state index contributed by atoms with van der Waals surface area (Å²) < 4.78 is 12.9. The number of ether oxygens (including phenoxy) is 1. The Morgan fingerprint density at radius 3 is 1.86 bits per heavy atom. The van der Waals surface area contributed by atoms with Gasteiger partial charge in [-0.15, -0.1) is 0 Å². The second-order valence-electron chi connectivity index (χ2n) is 12.8. The van der Waals surface area contributed by atoms with E-state index in [1.807, 2.05) is 43.3 Å². The first-order chi connectivity index (χ1) is 20.2. The Bertz CT molecular complexity index is 1260. The number of nitrogens with zero attached hydrogens (tertiary/aromatic N) is 2. The zero-order valence-corrected chi connectivity index (χ0v) is 26.7. The molecule has 2 aliphatic rings. The molecule has 0 radical (unpaired) electrons. The van der Waals surface area contributed by atoms with E-state index in [4.69, 9.17) is 9.16 Å². The number of rotatable bonds is 9. The minimum absolute atomic E-state index is 0.0309. The molecular weight excluding hydrogens is 540 g/mol. The van der Waals surface area contributed by atoms with Crippen molar-refractivity contribution in [1.29, 1.82) is 0 Å². The summed E-state index contributed by atoms with van der Waals surface area (Å²) in [6.45, 7) is 9.92. The zero-order valence-electron chi connectivity index (χ0n) is 25.7. The van der Waals surface area contributed by atoms with Crippen molar-refractivity contribution in [1.82, 2.24) is 15.5 Å². The summed E-state index contributed by atoms with van der Waals surface area (Å²) >= 11 is 0. The standard InChI is InChI=1S/C34H46N4O3Si/c1-34(2,3)42(30-12-8-6-9-13-30,31-14-10-7-11-15-31)41-25-28-21-23-38-22-20-27(35-33(38)36-28)24-40-32(39)26-16-18-29(19-17-26)37(4)5/h6-19,27-28,33,35-36H,20-25H2,1-5H3/t27-,28-,33?/m0/s1. The number of benzene rings is 3. The Balaban J connectivity index is 1.22. The van der Waals surface area contributed by atoms with E-state index < -0.39 is 8.32 Å². The number of carbonyl (C=O) groups excluding carboxylic acids is 1. The minimum Gasteiger partial charge on any atom is -0.460 e. The Kier molecular flexibility index (Phi) is 9.49. The summed E-state index contributed by atoms with van der Waals surface area (Å²) in [6.07, 6.45) is 2.00. The van der Waals surface area contributed by atoms with E-state index in [1.165, 1.54) is 10.4 Å². The summed E-state index contributed by atoms with van der Waals surface area (Å²) in [5.41, 5.74) is 1.63. The highest BCUT2D eigenvalue weighted by Crippen LogP contribution is 2.37. The summed E-state index contributed by atoms with van der Waals surface area (Å²) in [4.78, 5) is 17.1. The predicted octanol–water partition coefficient (Wildman–Crippen LogP) is 3.80. The first-order valence-electron chi connectivity index (χ1n) is 15.1. The molecule has 224 valence electrons. The van der Waals surface area contributed by atoms with Crippen LogP contribution in [0, 0.1) is 0 Å². The average Bonchev–Trinajstić information content (AvgIpc) is 3.00. The number of nitrogens with one attached hydrogen (secondary N) is 2. The van der Waals surface area contributed by atoms with Crippen molar-refractivity contribution in [2.75, 3.05) is 45.3 Å². The van der Waals surface area contributed by atoms with Crippen LogP contribution in [0.4, 0.5) is 5.69 Å². The Morgan fingerprint density at radius 1 is 0.833 bits per heavy atom. The normalized spacial score (nSPS) is 21.4. The Morgan fingerprint density at radius 2 is 1.36 bits per heavy atom. The molecule has 2 N–H and O–H groups in total. The van der Waals surface area contributed by atoms with Crippen LogP contribution in [0.2, 0.25) is 5.04 Å². The maximum absolute atomic E-state index is 12.7. The van der Waals surface area contributed by atoms with Crippen LogP contribution < -0.4 is 25.9 Å². The van der Waals surface area contributed by atoms with Crippen molar-refractivity contribution in [3.8, 4) is 0 Å². The molecule has 0 amide bonds. The molecule has 2 heterocycles. The van der Waals surface area contributed by atoms with Gasteiger partial charge in [-0.25, -0.2) is 4.79 Å². The highest BCUT2D eigenvalue weighted by atomic mass is 28.4. The Hall–Kier alpha value is -3.01. The van der Waals surface area contributed by atoms with Crippen molar-refractivity contribution in [2.24, 2.45) is 0 Å². The van der Waals surface area contributed by atoms with Gasteiger partial charge in [-0.05, 0) is 52.5 Å². The maximum Gasteiger partial charge on any atom is 0.338 e. The number of hydrogen-bond donors (Lipinski definition) is 2. The highest BCUT2D eigenvalue weighted by Gasteiger charge is 2.50. The number of anilines is 1. The van der Waals surface area contributed by atoms with E-state index in [0.717, 1.165) is 31.6 Å². The molecule has 42 heavy (non-hydrogen) atoms. The van der Waals surface area contributed by atoms with Crippen LogP contribution in [0.25, 0.3) is 0 Å². The lowest BCUT2D eigenvalue weighted by atomic mass is 10.1. The van der Waals surface area contributed by atoms with Crippen LogP contribution in [-0.2, 0) is 9.16 Å². The van der Waals surface area contributed by atoms with Crippen molar-refractivity contribution in [3.63, 3.8) is 0 Å². The molecule has 3 aromatic carbocycles. The fourth-order valence-electron chi connectivity index (χ4n) is 6.29. The van der Waals surface area contributed by atoms with E-state index in [-0.39, 0.29) is 29.4 Å². The van der Waals surface area contributed by atoms with Gasteiger partial charge in [-0.1, -0.05) is 81.4 Å². The number of fused-ring (bicyclic) bond motifs is 1. The van der Waals surface area contributed by atoms with Crippen LogP contribution in [0.3, 0.4) is 0 Å². The first kappa shape index (κ1) is 30.4. The zero-order chi connectivity index (χ0) is 29.7. The number of hydrogen-bond acceptors (Lipinski definition) is 7. The van der Waals surface area contributed by atoms with Gasteiger partial charge in [0.1, 0.15) is 12.9 Å². The molecular formula is C34H46N4O3Si. The molecule has 2 saturated heterocycles. The predicted molar refractivity (Wildman–Crippen MR) is 173 cm³/mol. The van der Waals surface area contributed by atoms with Gasteiger partial charge >= 0.3 is 5.97 Å². The number of esters is 1. The summed E-state index contributed by atoms with van der Waals surface area (Å²) in [6, 6.07) is 29.5. The molecule has 0 aliphatic carbocycles. The second kappa shape index (κ2) is 13.1. The lowest BCUT2D eigenvalue weighted by Gasteiger charge is -2.48. The third-order valence-electron chi connectivity index (χ3n) is 8.63. The van der Waals surface area contributed by atoms with Crippen molar-refractivity contribution >= 4 is 30.3 Å². The quantitative estimate of drug-likeness (QED) is 0.292. The van der Waals surface area contributed by atoms with Crippen LogP contribution in [0.5, 0.6) is 0 Å². The lowest BCUT2D eigenvalue weighted by molar-refractivity contribution is 0.00421. The van der Waals surface area contributed by atoms with E-state index in [2.05, 4.69) is 97.0 Å². The van der Waals surface area contributed by atoms with Gasteiger partial charge in [0.2, 0.25) is 0 Å². The fraction of sp³-hybridized carbons (Fsp3) is 0.441. The molecule has 0 bridgehead atoms. The fourth-order valence-corrected chi connectivity index (χ4v) is 10.9. The molecule has 2 fully saturated rings. The van der Waals surface area contributed by atoms with Gasteiger partial charge < -0.3 is 14.1 Å². The molecule has 3 aromatic rings. The average molecular weight is 587 g/mol. The number of carbonyl (C=O) groups is 1. The van der Waals surface area contributed by atoms with Gasteiger partial charge in [0.25, 0.3) is 8.32 Å². The summed E-state index contributed by atoms with van der Waals surface area (Å²) in [5.74, 6) is -0.280. The van der Waals surface area contributed by atoms with Gasteiger partial charge in [-0.3, -0.25) is 15.5 Å². The monoisotopic (exact) mass is 586 g/mol. The van der Waals surface area contributed by atoms with Gasteiger partial charge in [0.05, 0.1) is 12.2 Å². The lowest BCUT2D eigenvalue weighted by Crippen LogP contribution is -2.70. The van der Waals surface area contributed by atoms with Crippen LogP contribution in [0.15, 0.2) is 84.9 Å². The molecule has 5 rings (SSSR count). The highest BCUT2D eigenvalue weighted by molar-refractivity contribution is 6.99. The molecule has 0 aromatic heterocycles. The molecule has 1 unspecified atom stereocenters. The summed E-state index contributed by atoms with van der Waals surface area (Å²) in [7, 11) is 1.37. The van der Waals surface area contributed by atoms with E-state index >= 15 is 0 Å². The van der Waals surface area contributed by atoms with Gasteiger partial charge in [-0.2, -0.15) is 0 Å². The van der Waals surface area contributed by atoms with Gasteiger partial charge in [0.15, 0.2) is 0 Å². The molecule has 0 spiro atoms. The topological polar surface area (TPSA) is 66.1 Å². The first-order valence-corrected chi connectivity index (χ1v) is 17.0. The van der Waals surface area contributed by atoms with E-state index in [0.29, 0.717) is 18.8 Å². The van der Waals surface area contributed by atoms with Gasteiger partial charge in [0, 0.05) is 45.0 Å². The third-order valence-corrected chi connectivity index (χ3v) is 13.6. The largest absolute Gasteiger partial charge is 0.460 e. The Labute approximate surface area is 252 Å². The summed E-state index contributed by atoms with van der Waals surface area (Å²) in [5, 5.41) is 10.1. The molecule has 3 atom stereocenters. The molecule has 0 saturated carbocycles. The second-order valence-corrected chi connectivity index (χ2v) is 17.1. The van der Waals surface area contributed by atoms with Crippen molar-refractivity contribution < 1.29 is 14.0 Å². The minimum atomic E-state index is -2.59. The molecule has 2 aliphatic heterocycles. The third kappa shape index (κ3) is 6.63. The van der Waals surface area contributed by atoms with E-state index in [9.17, 15) is 4.79 Å². The smallest absolute Gasteiger partial charge is 0.338 e. The SMILES string of the molecule is CN(C)c1ccc(C(=O)OC[C@@H]2CCN3CC[C@@H](CO[Si](c4ccccc4)(c4ccccc4)C(C)(C)C)NC3N2)cc1. The molecule has 7 nitrogen and oxygen atoms in total. The van der Waals surface area contributed by atoms with Crippen LogP contribution in [0.1, 0.15) is 44.0 Å². The van der Waals surface area contributed by atoms with Crippen molar-refractivity contribution in [2.45, 2.75) is 57.0 Å². The van der Waals surface area contributed by atoms with Crippen LogP contribution in [-0.4, -0.2) is 78.0 Å².